The van der Waals surface area contributed by atoms with Gasteiger partial charge < -0.3 is 4.57 Å². The molecule has 2 heterocycles. The van der Waals surface area contributed by atoms with E-state index in [-0.39, 0.29) is 0 Å². The molecule has 24 heavy (non-hydrogen) atoms. The predicted molar refractivity (Wildman–Crippen MR) is 103 cm³/mol. The van der Waals surface area contributed by atoms with Gasteiger partial charge in [-0.25, -0.2) is 0 Å². The third-order valence-corrected chi connectivity index (χ3v) is 6.02. The molecule has 3 aromatic rings. The van der Waals surface area contributed by atoms with Gasteiger partial charge in [-0.15, -0.1) is 28.1 Å². The molecule has 0 N–H and O–H groups in total. The van der Waals surface area contributed by atoms with Gasteiger partial charge in [-0.3, -0.25) is 0 Å². The molecule has 7 heteroatoms. The maximum absolute atomic E-state index is 6.07. The van der Waals surface area contributed by atoms with Crippen molar-refractivity contribution in [3.63, 3.8) is 0 Å². The number of benzene rings is 1. The summed E-state index contributed by atoms with van der Waals surface area (Å²) >= 11 is 15.4. The first kappa shape index (κ1) is 17.5. The van der Waals surface area contributed by atoms with Crippen LogP contribution in [0, 0.1) is 0 Å². The van der Waals surface area contributed by atoms with Crippen molar-refractivity contribution < 1.29 is 0 Å². The van der Waals surface area contributed by atoms with E-state index in [1.165, 1.54) is 4.88 Å². The van der Waals surface area contributed by atoms with Crippen molar-refractivity contribution >= 4 is 46.3 Å². The number of thioether (sulfide) groups is 1. The van der Waals surface area contributed by atoms with Crippen molar-refractivity contribution in [1.82, 2.24) is 14.8 Å². The molecular weight excluding hydrogens is 381 g/mol. The van der Waals surface area contributed by atoms with Crippen LogP contribution in [0.15, 0.2) is 53.5 Å². The molecule has 0 radical (unpaired) electrons. The Kier molecular flexibility index (Phi) is 6.00. The highest BCUT2D eigenvalue weighted by Gasteiger charge is 2.13. The summed E-state index contributed by atoms with van der Waals surface area (Å²) in [5.74, 6) is 1.71. The van der Waals surface area contributed by atoms with Crippen molar-refractivity contribution in [1.29, 1.82) is 0 Å². The van der Waals surface area contributed by atoms with E-state index in [1.807, 2.05) is 30.3 Å². The molecule has 3 rings (SSSR count). The van der Waals surface area contributed by atoms with E-state index in [2.05, 4.69) is 32.8 Å². The number of halogens is 2. The van der Waals surface area contributed by atoms with Gasteiger partial charge in [0.2, 0.25) is 0 Å². The quantitative estimate of drug-likeness (QED) is 0.378. The second-order valence-electron chi connectivity index (χ2n) is 5.09. The van der Waals surface area contributed by atoms with Crippen molar-refractivity contribution in [2.24, 2.45) is 0 Å². The fraction of sp³-hybridized carbons (Fsp3) is 0.176. The summed E-state index contributed by atoms with van der Waals surface area (Å²) in [5, 5.41) is 12.8. The summed E-state index contributed by atoms with van der Waals surface area (Å²) in [4.78, 5) is 1.27. The van der Waals surface area contributed by atoms with Crippen LogP contribution in [-0.4, -0.2) is 14.8 Å². The maximum Gasteiger partial charge on any atom is 0.191 e. The number of hydrogen-bond acceptors (Lipinski definition) is 4. The molecule has 0 bridgehead atoms. The summed E-state index contributed by atoms with van der Waals surface area (Å²) in [7, 11) is 0. The number of aromatic nitrogens is 3. The molecule has 0 fully saturated rings. The van der Waals surface area contributed by atoms with Gasteiger partial charge in [0.1, 0.15) is 5.82 Å². The summed E-state index contributed by atoms with van der Waals surface area (Å²) in [5.41, 5.74) is 1.10. The zero-order valence-electron chi connectivity index (χ0n) is 12.8. The normalized spacial score (nSPS) is 10.9. The van der Waals surface area contributed by atoms with Crippen LogP contribution in [0.25, 0.3) is 0 Å². The molecule has 0 aliphatic heterocycles. The minimum Gasteiger partial charge on any atom is -0.302 e. The van der Waals surface area contributed by atoms with E-state index >= 15 is 0 Å². The molecule has 0 aliphatic carbocycles. The molecular formula is C17H15Cl2N3S2. The minimum absolute atomic E-state index is 0.568. The Labute approximate surface area is 159 Å². The number of thiophene rings is 1. The highest BCUT2D eigenvalue weighted by atomic mass is 35.5. The number of hydrogen-bond donors (Lipinski definition) is 0. The molecule has 2 aromatic heterocycles. The first-order chi connectivity index (χ1) is 11.7. The van der Waals surface area contributed by atoms with Gasteiger partial charge in [0.25, 0.3) is 0 Å². The van der Waals surface area contributed by atoms with E-state index < -0.39 is 0 Å². The fourth-order valence-electron chi connectivity index (χ4n) is 2.22. The van der Waals surface area contributed by atoms with Crippen LogP contribution >= 0.6 is 46.3 Å². The first-order valence-corrected chi connectivity index (χ1v) is 9.91. The summed E-state index contributed by atoms with van der Waals surface area (Å²) in [6.45, 7) is 4.53. The van der Waals surface area contributed by atoms with Crippen LogP contribution in [0.3, 0.4) is 0 Å². The lowest BCUT2D eigenvalue weighted by molar-refractivity contribution is 0.692. The van der Waals surface area contributed by atoms with Crippen molar-refractivity contribution in [2.75, 3.05) is 0 Å². The van der Waals surface area contributed by atoms with Crippen LogP contribution in [-0.2, 0) is 18.7 Å². The predicted octanol–water partition coefficient (Wildman–Crippen LogP) is 5.72. The number of allylic oxidation sites excluding steroid dienone is 1. The highest BCUT2D eigenvalue weighted by Crippen LogP contribution is 2.28. The third-order valence-electron chi connectivity index (χ3n) is 3.37. The van der Waals surface area contributed by atoms with Gasteiger partial charge in [0, 0.05) is 23.6 Å². The molecule has 3 nitrogen and oxygen atoms in total. The molecule has 0 amide bonds. The Morgan fingerprint density at radius 2 is 2.08 bits per heavy atom. The average Bonchev–Trinajstić information content (AvgIpc) is 3.21. The largest absolute Gasteiger partial charge is 0.302 e. The highest BCUT2D eigenvalue weighted by molar-refractivity contribution is 7.98. The molecule has 0 saturated heterocycles. The smallest absolute Gasteiger partial charge is 0.191 e. The van der Waals surface area contributed by atoms with E-state index in [0.29, 0.717) is 16.6 Å². The minimum atomic E-state index is 0.568. The lowest BCUT2D eigenvalue weighted by Crippen LogP contribution is -2.04. The molecule has 124 valence electrons. The number of nitrogens with zero attached hydrogens (tertiary/aromatic N) is 3. The Bertz CT molecular complexity index is 828. The molecule has 0 spiro atoms. The van der Waals surface area contributed by atoms with E-state index in [4.69, 9.17) is 23.2 Å². The Morgan fingerprint density at radius 3 is 2.79 bits per heavy atom. The van der Waals surface area contributed by atoms with Gasteiger partial charge >= 0.3 is 0 Å². The van der Waals surface area contributed by atoms with Crippen LogP contribution < -0.4 is 0 Å². The maximum atomic E-state index is 6.07. The van der Waals surface area contributed by atoms with Crippen molar-refractivity contribution in [3.05, 3.63) is 74.7 Å². The van der Waals surface area contributed by atoms with E-state index in [9.17, 15) is 0 Å². The monoisotopic (exact) mass is 395 g/mol. The Morgan fingerprint density at radius 1 is 1.21 bits per heavy atom. The van der Waals surface area contributed by atoms with Gasteiger partial charge in [0.05, 0.1) is 10.0 Å². The molecule has 0 atom stereocenters. The Balaban J connectivity index is 1.75. The van der Waals surface area contributed by atoms with E-state index in [0.717, 1.165) is 28.7 Å². The lowest BCUT2D eigenvalue weighted by Gasteiger charge is -2.07. The summed E-state index contributed by atoms with van der Waals surface area (Å²) < 4.78 is 2.11. The van der Waals surface area contributed by atoms with Gasteiger partial charge in [-0.05, 0) is 29.1 Å². The third kappa shape index (κ3) is 4.22. The van der Waals surface area contributed by atoms with Gasteiger partial charge in [-0.2, -0.15) is 0 Å². The molecule has 0 aliphatic rings. The van der Waals surface area contributed by atoms with Crippen molar-refractivity contribution in [2.45, 2.75) is 23.9 Å². The van der Waals surface area contributed by atoms with Crippen molar-refractivity contribution in [3.8, 4) is 0 Å². The molecule has 1 aromatic carbocycles. The zero-order chi connectivity index (χ0) is 16.9. The van der Waals surface area contributed by atoms with Crippen LogP contribution in [0.4, 0.5) is 0 Å². The SMILES string of the molecule is C=CCn1c(Cc2cccs2)nnc1SCc1ccc(Cl)c(Cl)c1. The van der Waals surface area contributed by atoms with Gasteiger partial charge in [0.15, 0.2) is 5.16 Å². The average molecular weight is 396 g/mol. The summed E-state index contributed by atoms with van der Waals surface area (Å²) in [6, 6.07) is 9.84. The zero-order valence-corrected chi connectivity index (χ0v) is 15.9. The second-order valence-corrected chi connectivity index (χ2v) is 7.88. The molecule has 0 unspecified atom stereocenters. The fourth-order valence-corrected chi connectivity index (χ4v) is 4.15. The lowest BCUT2D eigenvalue weighted by atomic mass is 10.2. The topological polar surface area (TPSA) is 30.7 Å². The van der Waals surface area contributed by atoms with Crippen LogP contribution in [0.5, 0.6) is 0 Å². The summed E-state index contributed by atoms with van der Waals surface area (Å²) in [6.07, 6.45) is 2.65. The second kappa shape index (κ2) is 8.21. The standard InChI is InChI=1S/C17H15Cl2N3S2/c1-2-7-22-16(10-13-4-3-8-23-13)20-21-17(22)24-11-12-5-6-14(18)15(19)9-12/h2-6,8-9H,1,7,10-11H2. The van der Waals surface area contributed by atoms with Gasteiger partial charge in [-0.1, -0.05) is 53.2 Å². The number of rotatable bonds is 7. The molecule has 0 saturated carbocycles. The Hall–Kier alpha value is -1.27. The van der Waals surface area contributed by atoms with Crippen LogP contribution in [0.1, 0.15) is 16.3 Å². The van der Waals surface area contributed by atoms with Crippen LogP contribution in [0.2, 0.25) is 10.0 Å². The van der Waals surface area contributed by atoms with E-state index in [1.54, 1.807) is 23.1 Å². The first-order valence-electron chi connectivity index (χ1n) is 7.29.